The van der Waals surface area contributed by atoms with E-state index in [4.69, 9.17) is 0 Å². The number of pyridine rings is 1. The molecule has 6 heteroatoms. The first kappa shape index (κ1) is 18.5. The predicted molar refractivity (Wildman–Crippen MR) is 91.6 cm³/mol. The van der Waals surface area contributed by atoms with Crippen LogP contribution >= 0.6 is 12.6 Å². The summed E-state index contributed by atoms with van der Waals surface area (Å²) in [5.41, 5.74) is 1.38. The van der Waals surface area contributed by atoms with Gasteiger partial charge in [-0.2, -0.15) is 12.6 Å². The summed E-state index contributed by atoms with van der Waals surface area (Å²) in [4.78, 5) is 28.2. The molecule has 1 aromatic heterocycles. The minimum Gasteiger partial charge on any atom is -0.351 e. The van der Waals surface area contributed by atoms with Crippen LogP contribution in [0.3, 0.4) is 0 Å². The molecule has 0 fully saturated rings. The van der Waals surface area contributed by atoms with E-state index in [-0.39, 0.29) is 23.2 Å². The third-order valence-corrected chi connectivity index (χ3v) is 3.37. The first-order chi connectivity index (χ1) is 10.6. The van der Waals surface area contributed by atoms with Crippen molar-refractivity contribution < 1.29 is 9.59 Å². The Labute approximate surface area is 137 Å². The number of carbonyl (C=O) groups excluding carboxylic acids is 2. The van der Waals surface area contributed by atoms with Crippen LogP contribution in [0.1, 0.15) is 59.1 Å². The highest BCUT2D eigenvalue weighted by molar-refractivity contribution is 7.80. The van der Waals surface area contributed by atoms with Gasteiger partial charge in [0, 0.05) is 18.8 Å². The van der Waals surface area contributed by atoms with Crippen LogP contribution in [0.4, 0.5) is 0 Å². The van der Waals surface area contributed by atoms with Gasteiger partial charge in [0.15, 0.2) is 0 Å². The maximum absolute atomic E-state index is 12.1. The van der Waals surface area contributed by atoms with Crippen molar-refractivity contribution in [1.82, 2.24) is 15.6 Å². The Balaban J connectivity index is 2.64. The molecule has 1 rings (SSSR count). The lowest BCUT2D eigenvalue weighted by atomic mass is 10.2. The van der Waals surface area contributed by atoms with E-state index in [0.717, 1.165) is 24.8 Å². The summed E-state index contributed by atoms with van der Waals surface area (Å²) in [6.07, 6.45) is 4.41. The Kier molecular flexibility index (Phi) is 8.58. The molecule has 0 saturated heterocycles. The molecule has 122 valence electrons. The number of thiol groups is 1. The zero-order valence-electron chi connectivity index (χ0n) is 13.3. The molecule has 0 aliphatic carbocycles. The maximum Gasteiger partial charge on any atom is 0.269 e. The zero-order valence-corrected chi connectivity index (χ0v) is 14.2. The number of nitrogens with zero attached hydrogens (tertiary/aromatic N) is 1. The average Bonchev–Trinajstić information content (AvgIpc) is 2.51. The maximum atomic E-state index is 12.1. The van der Waals surface area contributed by atoms with Gasteiger partial charge in [0.25, 0.3) is 11.8 Å². The van der Waals surface area contributed by atoms with Crippen LogP contribution in [0, 0.1) is 6.92 Å². The lowest BCUT2D eigenvalue weighted by Crippen LogP contribution is -2.29. The van der Waals surface area contributed by atoms with Gasteiger partial charge in [-0.1, -0.05) is 26.2 Å². The Hall–Kier alpha value is -1.56. The summed E-state index contributed by atoms with van der Waals surface area (Å²) in [7, 11) is 0. The lowest BCUT2D eigenvalue weighted by molar-refractivity contribution is 0.0945. The molecule has 0 saturated carbocycles. The van der Waals surface area contributed by atoms with Crippen LogP contribution in [0.25, 0.3) is 0 Å². The molecule has 2 N–H and O–H groups in total. The van der Waals surface area contributed by atoms with Gasteiger partial charge >= 0.3 is 0 Å². The average molecular weight is 323 g/mol. The van der Waals surface area contributed by atoms with Gasteiger partial charge in [0.05, 0.1) is 0 Å². The summed E-state index contributed by atoms with van der Waals surface area (Å²) in [5, 5.41) is 5.55. The monoisotopic (exact) mass is 323 g/mol. The highest BCUT2D eigenvalue weighted by Crippen LogP contribution is 2.06. The molecule has 0 unspecified atom stereocenters. The van der Waals surface area contributed by atoms with E-state index in [2.05, 4.69) is 35.2 Å². The Morgan fingerprint density at radius 3 is 2.18 bits per heavy atom. The van der Waals surface area contributed by atoms with Gasteiger partial charge in [-0.25, -0.2) is 4.98 Å². The molecule has 22 heavy (non-hydrogen) atoms. The number of nitrogens with one attached hydrogen (secondary N) is 2. The number of unbranched alkanes of at least 4 members (excludes halogenated alkanes) is 3. The highest BCUT2D eigenvalue weighted by Gasteiger charge is 2.13. The molecule has 0 aromatic carbocycles. The SMILES string of the molecule is CCCCCCNC(=O)c1cc(C)cc(C(=O)NCCS)n1. The minimum absolute atomic E-state index is 0.233. The number of carbonyl (C=O) groups is 2. The van der Waals surface area contributed by atoms with Crippen LogP contribution in [0.2, 0.25) is 0 Å². The summed E-state index contributed by atoms with van der Waals surface area (Å²) < 4.78 is 0. The second-order valence-electron chi connectivity index (χ2n) is 5.21. The summed E-state index contributed by atoms with van der Waals surface area (Å²) in [6.45, 7) is 5.09. The second-order valence-corrected chi connectivity index (χ2v) is 5.66. The van der Waals surface area contributed by atoms with E-state index >= 15 is 0 Å². The summed E-state index contributed by atoms with van der Waals surface area (Å²) in [5.74, 6) is 0.0426. The Bertz CT molecular complexity index is 506. The van der Waals surface area contributed by atoms with Crippen molar-refractivity contribution in [1.29, 1.82) is 0 Å². The number of hydrogen-bond donors (Lipinski definition) is 3. The number of rotatable bonds is 9. The van der Waals surface area contributed by atoms with Crippen LogP contribution in [-0.4, -0.2) is 35.6 Å². The predicted octanol–water partition coefficient (Wildman–Crippen LogP) is 2.36. The van der Waals surface area contributed by atoms with Crippen molar-refractivity contribution >= 4 is 24.4 Å². The first-order valence-corrected chi connectivity index (χ1v) is 8.37. The molecule has 1 aromatic rings. The molecule has 0 spiro atoms. The molecular formula is C16H25N3O2S. The van der Waals surface area contributed by atoms with Crippen molar-refractivity contribution in [3.05, 3.63) is 29.1 Å². The lowest BCUT2D eigenvalue weighted by Gasteiger charge is -2.08. The third-order valence-electron chi connectivity index (χ3n) is 3.15. The molecular weight excluding hydrogens is 298 g/mol. The van der Waals surface area contributed by atoms with Gasteiger partial charge in [-0.3, -0.25) is 9.59 Å². The van der Waals surface area contributed by atoms with Gasteiger partial charge in [-0.05, 0) is 31.0 Å². The second kappa shape index (κ2) is 10.2. The molecule has 2 amide bonds. The van der Waals surface area contributed by atoms with Crippen molar-refractivity contribution in [2.75, 3.05) is 18.8 Å². The van der Waals surface area contributed by atoms with Crippen LogP contribution in [0.15, 0.2) is 12.1 Å². The summed E-state index contributed by atoms with van der Waals surface area (Å²) >= 11 is 4.04. The minimum atomic E-state index is -0.283. The molecule has 0 aliphatic heterocycles. The van der Waals surface area contributed by atoms with Crippen LogP contribution in [0.5, 0.6) is 0 Å². The highest BCUT2D eigenvalue weighted by atomic mass is 32.1. The molecule has 0 atom stereocenters. The van der Waals surface area contributed by atoms with E-state index in [9.17, 15) is 9.59 Å². The first-order valence-electron chi connectivity index (χ1n) is 7.74. The normalized spacial score (nSPS) is 10.3. The van der Waals surface area contributed by atoms with E-state index in [1.54, 1.807) is 12.1 Å². The molecule has 1 heterocycles. The van der Waals surface area contributed by atoms with Crippen LogP contribution in [-0.2, 0) is 0 Å². The van der Waals surface area contributed by atoms with Gasteiger partial charge in [0.2, 0.25) is 0 Å². The fourth-order valence-corrected chi connectivity index (χ4v) is 2.12. The van der Waals surface area contributed by atoms with Crippen LogP contribution < -0.4 is 10.6 Å². The van der Waals surface area contributed by atoms with E-state index in [1.807, 2.05) is 6.92 Å². The Morgan fingerprint density at radius 2 is 1.64 bits per heavy atom. The van der Waals surface area contributed by atoms with E-state index in [1.165, 1.54) is 6.42 Å². The van der Waals surface area contributed by atoms with Crippen molar-refractivity contribution in [3.63, 3.8) is 0 Å². The van der Waals surface area contributed by atoms with E-state index in [0.29, 0.717) is 18.8 Å². The summed E-state index contributed by atoms with van der Waals surface area (Å²) in [6, 6.07) is 3.36. The molecule has 0 aliphatic rings. The standard InChI is InChI=1S/C16H25N3O2S/c1-3-4-5-6-7-17-15(20)13-10-12(2)11-14(19-13)16(21)18-8-9-22/h10-11,22H,3-9H2,1-2H3,(H,17,20)(H,18,21). The molecule has 0 bridgehead atoms. The van der Waals surface area contributed by atoms with E-state index < -0.39 is 0 Å². The van der Waals surface area contributed by atoms with Crippen molar-refractivity contribution in [2.45, 2.75) is 39.5 Å². The fourth-order valence-electron chi connectivity index (χ4n) is 2.00. The number of hydrogen-bond acceptors (Lipinski definition) is 4. The van der Waals surface area contributed by atoms with Gasteiger partial charge < -0.3 is 10.6 Å². The Morgan fingerprint density at radius 1 is 1.05 bits per heavy atom. The quantitative estimate of drug-likeness (QED) is 0.482. The van der Waals surface area contributed by atoms with Crippen molar-refractivity contribution in [3.8, 4) is 0 Å². The van der Waals surface area contributed by atoms with Gasteiger partial charge in [-0.15, -0.1) is 0 Å². The topological polar surface area (TPSA) is 71.1 Å². The number of aryl methyl sites for hydroxylation is 1. The van der Waals surface area contributed by atoms with Crippen molar-refractivity contribution in [2.24, 2.45) is 0 Å². The number of amides is 2. The number of aromatic nitrogens is 1. The molecule has 0 radical (unpaired) electrons. The zero-order chi connectivity index (χ0) is 16.4. The third kappa shape index (κ3) is 6.47. The smallest absolute Gasteiger partial charge is 0.269 e. The molecule has 5 nitrogen and oxygen atoms in total. The fraction of sp³-hybridized carbons (Fsp3) is 0.562. The largest absolute Gasteiger partial charge is 0.351 e. The van der Waals surface area contributed by atoms with Gasteiger partial charge in [0.1, 0.15) is 11.4 Å².